The number of hydrogen-bond acceptors (Lipinski definition) is 5. The van der Waals surface area contributed by atoms with Gasteiger partial charge in [0.1, 0.15) is 17.6 Å². The summed E-state index contributed by atoms with van der Waals surface area (Å²) in [6.45, 7) is 2.80. The molecule has 3 rings (SSSR count). The van der Waals surface area contributed by atoms with Crippen molar-refractivity contribution in [1.82, 2.24) is 9.80 Å². The highest BCUT2D eigenvalue weighted by molar-refractivity contribution is 5.81. The molecule has 1 N–H and O–H groups in total. The summed E-state index contributed by atoms with van der Waals surface area (Å²) in [6, 6.07) is 10.5. The molecule has 0 unspecified atom stereocenters. The molecule has 0 radical (unpaired) electrons. The van der Waals surface area contributed by atoms with Gasteiger partial charge in [-0.15, -0.1) is 0 Å². The number of ether oxygens (including phenoxy) is 1. The zero-order chi connectivity index (χ0) is 16.9. The van der Waals surface area contributed by atoms with Gasteiger partial charge < -0.3 is 24.1 Å². The molecule has 6 heteroatoms. The summed E-state index contributed by atoms with van der Waals surface area (Å²) in [6.07, 6.45) is 1.14. The monoisotopic (exact) mass is 330 g/mol. The number of phenolic OH excluding ortho intramolecular Hbond substituents is 1. The smallest absolute Gasteiger partial charge is 0.253 e. The van der Waals surface area contributed by atoms with Crippen LogP contribution in [0.25, 0.3) is 0 Å². The minimum absolute atomic E-state index is 0.0500. The van der Waals surface area contributed by atoms with E-state index in [1.807, 2.05) is 31.3 Å². The number of rotatable bonds is 5. The third-order valence-electron chi connectivity index (χ3n) is 4.09. The molecule has 128 valence electrons. The Hall–Kier alpha value is -2.31. The van der Waals surface area contributed by atoms with Gasteiger partial charge in [-0.1, -0.05) is 12.1 Å². The van der Waals surface area contributed by atoms with Crippen LogP contribution in [0.15, 0.2) is 47.1 Å². The van der Waals surface area contributed by atoms with Gasteiger partial charge in [0.25, 0.3) is 5.91 Å². The van der Waals surface area contributed by atoms with Crippen molar-refractivity contribution in [2.24, 2.45) is 0 Å². The van der Waals surface area contributed by atoms with E-state index < -0.39 is 6.10 Å². The Labute approximate surface area is 141 Å². The van der Waals surface area contributed by atoms with Crippen molar-refractivity contribution in [3.05, 3.63) is 54.0 Å². The van der Waals surface area contributed by atoms with Crippen molar-refractivity contribution in [1.29, 1.82) is 0 Å². The van der Waals surface area contributed by atoms with E-state index in [1.54, 1.807) is 23.3 Å². The standard InChI is InChI=1S/C18H22N2O4/c1-19-8-10-24-17(13-19)18(22)20(12-16-3-2-9-23-16)11-14-4-6-15(21)7-5-14/h2-7,9,17,21H,8,10-13H2,1H3/t17-/m0/s1. The van der Waals surface area contributed by atoms with Crippen molar-refractivity contribution in [2.75, 3.05) is 26.7 Å². The molecule has 0 bridgehead atoms. The fourth-order valence-electron chi connectivity index (χ4n) is 2.76. The number of phenols is 1. The maximum Gasteiger partial charge on any atom is 0.253 e. The van der Waals surface area contributed by atoms with Gasteiger partial charge in [0.05, 0.1) is 19.4 Å². The second-order valence-corrected chi connectivity index (χ2v) is 6.06. The van der Waals surface area contributed by atoms with E-state index in [0.717, 1.165) is 17.9 Å². The lowest BCUT2D eigenvalue weighted by Crippen LogP contribution is -2.49. The molecule has 1 fully saturated rings. The largest absolute Gasteiger partial charge is 0.508 e. The number of carbonyl (C=O) groups is 1. The number of furan rings is 1. The van der Waals surface area contributed by atoms with Gasteiger partial charge in [0.2, 0.25) is 0 Å². The van der Waals surface area contributed by atoms with E-state index in [9.17, 15) is 9.90 Å². The molecular formula is C18H22N2O4. The van der Waals surface area contributed by atoms with Gasteiger partial charge in [0.15, 0.2) is 0 Å². The summed E-state index contributed by atoms with van der Waals surface area (Å²) in [5, 5.41) is 9.42. The predicted molar refractivity (Wildman–Crippen MR) is 88.3 cm³/mol. The predicted octanol–water partition coefficient (Wildman–Crippen LogP) is 1.84. The van der Waals surface area contributed by atoms with E-state index in [0.29, 0.717) is 26.2 Å². The maximum atomic E-state index is 12.9. The average molecular weight is 330 g/mol. The van der Waals surface area contributed by atoms with E-state index in [1.165, 1.54) is 0 Å². The molecule has 1 aliphatic heterocycles. The van der Waals surface area contributed by atoms with E-state index in [-0.39, 0.29) is 11.7 Å². The van der Waals surface area contributed by atoms with Gasteiger partial charge in [0, 0.05) is 19.6 Å². The van der Waals surface area contributed by atoms with Gasteiger partial charge in [-0.2, -0.15) is 0 Å². The summed E-state index contributed by atoms with van der Waals surface area (Å²) in [5.41, 5.74) is 0.942. The van der Waals surface area contributed by atoms with Crippen molar-refractivity contribution < 1.29 is 19.1 Å². The first-order chi connectivity index (χ1) is 11.6. The van der Waals surface area contributed by atoms with Crippen LogP contribution in [0.5, 0.6) is 5.75 Å². The summed E-state index contributed by atoms with van der Waals surface area (Å²) in [7, 11) is 1.99. The minimum Gasteiger partial charge on any atom is -0.508 e. The van der Waals surface area contributed by atoms with Gasteiger partial charge in [-0.05, 0) is 36.9 Å². The van der Waals surface area contributed by atoms with Crippen LogP contribution in [0.2, 0.25) is 0 Å². The van der Waals surface area contributed by atoms with E-state index in [2.05, 4.69) is 4.90 Å². The van der Waals surface area contributed by atoms with Crippen LogP contribution < -0.4 is 0 Å². The second kappa shape index (κ2) is 7.51. The number of amides is 1. The lowest BCUT2D eigenvalue weighted by molar-refractivity contribution is -0.150. The number of hydrogen-bond donors (Lipinski definition) is 1. The summed E-state index contributed by atoms with van der Waals surface area (Å²) >= 11 is 0. The topological polar surface area (TPSA) is 66.2 Å². The molecule has 1 saturated heterocycles. The molecule has 1 amide bonds. The number of carbonyl (C=O) groups excluding carboxylic acids is 1. The SMILES string of the molecule is CN1CCO[C@H](C(=O)N(Cc2ccc(O)cc2)Cc2ccco2)C1. The lowest BCUT2D eigenvalue weighted by atomic mass is 10.1. The molecule has 0 spiro atoms. The quantitative estimate of drug-likeness (QED) is 0.906. The third kappa shape index (κ3) is 4.15. The Morgan fingerprint density at radius 1 is 1.29 bits per heavy atom. The van der Waals surface area contributed by atoms with Crippen LogP contribution in [-0.4, -0.2) is 53.7 Å². The fourth-order valence-corrected chi connectivity index (χ4v) is 2.76. The van der Waals surface area contributed by atoms with Crippen LogP contribution in [0.3, 0.4) is 0 Å². The van der Waals surface area contributed by atoms with Crippen molar-refractivity contribution in [3.63, 3.8) is 0 Å². The Bertz CT molecular complexity index is 654. The number of morpholine rings is 1. The highest BCUT2D eigenvalue weighted by atomic mass is 16.5. The molecule has 1 aliphatic rings. The van der Waals surface area contributed by atoms with Crippen LogP contribution in [0.1, 0.15) is 11.3 Å². The van der Waals surface area contributed by atoms with Crippen LogP contribution >= 0.6 is 0 Å². The Kier molecular flexibility index (Phi) is 5.17. The number of benzene rings is 1. The summed E-state index contributed by atoms with van der Waals surface area (Å²) < 4.78 is 11.1. The maximum absolute atomic E-state index is 12.9. The molecule has 2 heterocycles. The van der Waals surface area contributed by atoms with Crippen molar-refractivity contribution in [2.45, 2.75) is 19.2 Å². The Balaban J connectivity index is 1.75. The summed E-state index contributed by atoms with van der Waals surface area (Å²) in [4.78, 5) is 16.8. The molecular weight excluding hydrogens is 308 g/mol. The average Bonchev–Trinajstić information content (AvgIpc) is 3.09. The lowest BCUT2D eigenvalue weighted by Gasteiger charge is -2.33. The molecule has 24 heavy (non-hydrogen) atoms. The second-order valence-electron chi connectivity index (χ2n) is 6.06. The zero-order valence-corrected chi connectivity index (χ0v) is 13.7. The normalized spacial score (nSPS) is 18.5. The highest BCUT2D eigenvalue weighted by Crippen LogP contribution is 2.17. The molecule has 1 aromatic carbocycles. The molecule has 0 aliphatic carbocycles. The molecule has 1 aromatic heterocycles. The molecule has 1 atom stereocenters. The number of aromatic hydroxyl groups is 1. The Morgan fingerprint density at radius 3 is 2.75 bits per heavy atom. The van der Waals surface area contributed by atoms with Gasteiger partial charge >= 0.3 is 0 Å². The van der Waals surface area contributed by atoms with E-state index in [4.69, 9.17) is 9.15 Å². The van der Waals surface area contributed by atoms with Gasteiger partial charge in [-0.25, -0.2) is 0 Å². The zero-order valence-electron chi connectivity index (χ0n) is 13.7. The number of nitrogens with zero attached hydrogens (tertiary/aromatic N) is 2. The first kappa shape index (κ1) is 16.5. The molecule has 6 nitrogen and oxygen atoms in total. The Morgan fingerprint density at radius 2 is 2.08 bits per heavy atom. The minimum atomic E-state index is -0.462. The van der Waals surface area contributed by atoms with Crippen LogP contribution in [0, 0.1) is 0 Å². The first-order valence-electron chi connectivity index (χ1n) is 8.01. The van der Waals surface area contributed by atoms with Crippen molar-refractivity contribution >= 4 is 5.91 Å². The van der Waals surface area contributed by atoms with Crippen LogP contribution in [-0.2, 0) is 22.6 Å². The van der Waals surface area contributed by atoms with Crippen LogP contribution in [0.4, 0.5) is 0 Å². The van der Waals surface area contributed by atoms with E-state index >= 15 is 0 Å². The third-order valence-corrected chi connectivity index (χ3v) is 4.09. The van der Waals surface area contributed by atoms with Crippen molar-refractivity contribution in [3.8, 4) is 5.75 Å². The fraction of sp³-hybridized carbons (Fsp3) is 0.389. The highest BCUT2D eigenvalue weighted by Gasteiger charge is 2.29. The summed E-state index contributed by atoms with van der Waals surface area (Å²) in [5.74, 6) is 0.886. The van der Waals surface area contributed by atoms with Gasteiger partial charge in [-0.3, -0.25) is 4.79 Å². The first-order valence-corrected chi connectivity index (χ1v) is 8.01. The number of likely N-dealkylation sites (N-methyl/N-ethyl adjacent to an activating group) is 1. The molecule has 0 saturated carbocycles. The molecule has 2 aromatic rings.